The molecule has 0 saturated heterocycles. The largest absolute Gasteiger partial charge is 0.456 e. The number of hydrogen-bond acceptors (Lipinski definition) is 2. The van der Waals surface area contributed by atoms with Crippen molar-refractivity contribution in [2.75, 3.05) is 4.90 Å². The van der Waals surface area contributed by atoms with Gasteiger partial charge in [-0.15, -0.1) is 0 Å². The molecule has 12 rings (SSSR count). The van der Waals surface area contributed by atoms with Gasteiger partial charge in [-0.25, -0.2) is 0 Å². The van der Waals surface area contributed by atoms with Crippen LogP contribution in [0, 0.1) is 0 Å². The summed E-state index contributed by atoms with van der Waals surface area (Å²) in [5.74, 6) is 0. The van der Waals surface area contributed by atoms with E-state index < -0.39 is 0 Å². The van der Waals surface area contributed by atoms with E-state index in [4.69, 9.17) is 4.42 Å². The summed E-state index contributed by atoms with van der Waals surface area (Å²) in [5, 5.41) is 4.66. The van der Waals surface area contributed by atoms with Gasteiger partial charge in [0.05, 0.1) is 16.7 Å². The molecule has 0 radical (unpaired) electrons. The molecule has 0 amide bonds. The van der Waals surface area contributed by atoms with Crippen LogP contribution in [0.15, 0.2) is 247 Å². The Balaban J connectivity index is 1.14. The zero-order valence-electron chi connectivity index (χ0n) is 34.4. The highest BCUT2D eigenvalue weighted by atomic mass is 16.3. The highest BCUT2D eigenvalue weighted by Gasteiger charge is 2.24. The Kier molecular flexibility index (Phi) is 8.83. The molecule has 2 heterocycles. The van der Waals surface area contributed by atoms with E-state index in [0.717, 1.165) is 78.1 Å². The number of furan rings is 1. The summed E-state index contributed by atoms with van der Waals surface area (Å²) in [7, 11) is 0. The SMILES string of the molecule is c1ccc(-c2ccccc2-c2c(-c3ccccc3)cccc2N(c2cccc(-c3cccc4c5ccccc5n(-c5ccccc5)c34)c2)c2ccc3c(c2)oc2ccccc23)cc1. The molecule has 0 N–H and O–H groups in total. The van der Waals surface area contributed by atoms with Crippen molar-refractivity contribution in [3.05, 3.63) is 243 Å². The molecular weight excluding hydrogens is 765 g/mol. The minimum Gasteiger partial charge on any atom is -0.456 e. The van der Waals surface area contributed by atoms with Gasteiger partial charge in [0, 0.05) is 55.8 Å². The van der Waals surface area contributed by atoms with Gasteiger partial charge < -0.3 is 13.9 Å². The number of nitrogens with zero attached hydrogens (tertiary/aromatic N) is 2. The number of para-hydroxylation sites is 4. The van der Waals surface area contributed by atoms with Gasteiger partial charge >= 0.3 is 0 Å². The fourth-order valence-corrected chi connectivity index (χ4v) is 9.63. The van der Waals surface area contributed by atoms with Crippen molar-refractivity contribution in [3.8, 4) is 50.2 Å². The van der Waals surface area contributed by atoms with E-state index in [1.54, 1.807) is 0 Å². The molecule has 0 atom stereocenters. The van der Waals surface area contributed by atoms with E-state index in [1.165, 1.54) is 32.9 Å². The van der Waals surface area contributed by atoms with Gasteiger partial charge in [-0.3, -0.25) is 0 Å². The van der Waals surface area contributed by atoms with Crippen molar-refractivity contribution in [1.82, 2.24) is 4.57 Å². The van der Waals surface area contributed by atoms with E-state index in [0.29, 0.717) is 0 Å². The number of benzene rings is 10. The summed E-state index contributed by atoms with van der Waals surface area (Å²) in [6, 6.07) is 87.2. The van der Waals surface area contributed by atoms with E-state index in [-0.39, 0.29) is 0 Å². The summed E-state index contributed by atoms with van der Waals surface area (Å²) < 4.78 is 9.01. The second-order valence-corrected chi connectivity index (χ2v) is 16.0. The van der Waals surface area contributed by atoms with Crippen LogP contribution in [-0.2, 0) is 0 Å². The Morgan fingerprint density at radius 1 is 0.333 bits per heavy atom. The predicted molar refractivity (Wildman–Crippen MR) is 264 cm³/mol. The van der Waals surface area contributed by atoms with Crippen molar-refractivity contribution in [2.24, 2.45) is 0 Å². The zero-order chi connectivity index (χ0) is 41.7. The molecular formula is C60H40N2O. The fraction of sp³-hybridized carbons (Fsp3) is 0. The standard InChI is InChI=1S/C60H40N2O/c1-4-19-41(20-5-1)47-27-10-11-30-53(47)59-48(42-21-6-2-7-22-42)31-18-35-56(59)61(46-37-38-52-51-29-13-15-36-57(51)63-58(52)40-46)45-26-16-23-43(39-45)49-32-17-33-54-50-28-12-14-34-55(50)62(60(49)54)44-24-8-3-9-25-44/h1-40H. The molecule has 0 spiro atoms. The third-order valence-corrected chi connectivity index (χ3v) is 12.4. The van der Waals surface area contributed by atoms with Crippen LogP contribution in [0.3, 0.4) is 0 Å². The van der Waals surface area contributed by atoms with Crippen LogP contribution >= 0.6 is 0 Å². The van der Waals surface area contributed by atoms with E-state index in [9.17, 15) is 0 Å². The van der Waals surface area contributed by atoms with Crippen LogP contribution in [0.1, 0.15) is 0 Å². The highest BCUT2D eigenvalue weighted by molar-refractivity contribution is 6.14. The lowest BCUT2D eigenvalue weighted by Gasteiger charge is -2.30. The average molecular weight is 805 g/mol. The first-order chi connectivity index (χ1) is 31.3. The van der Waals surface area contributed by atoms with Gasteiger partial charge in [0.2, 0.25) is 0 Å². The lowest BCUT2D eigenvalue weighted by molar-refractivity contribution is 0.669. The molecule has 0 saturated carbocycles. The molecule has 63 heavy (non-hydrogen) atoms. The molecule has 3 heteroatoms. The monoisotopic (exact) mass is 804 g/mol. The molecule has 10 aromatic carbocycles. The lowest BCUT2D eigenvalue weighted by Crippen LogP contribution is -2.12. The molecule has 0 aliphatic rings. The van der Waals surface area contributed by atoms with E-state index >= 15 is 0 Å². The van der Waals surface area contributed by atoms with Crippen molar-refractivity contribution in [1.29, 1.82) is 0 Å². The van der Waals surface area contributed by atoms with Crippen molar-refractivity contribution >= 4 is 60.8 Å². The van der Waals surface area contributed by atoms with Gasteiger partial charge in [-0.05, 0) is 88.0 Å². The number of aromatic nitrogens is 1. The first kappa shape index (κ1) is 36.5. The van der Waals surface area contributed by atoms with Crippen LogP contribution < -0.4 is 4.90 Å². The number of rotatable bonds is 8. The Bertz CT molecular complexity index is 3620. The Morgan fingerprint density at radius 3 is 1.70 bits per heavy atom. The molecule has 0 bridgehead atoms. The van der Waals surface area contributed by atoms with Crippen LogP contribution in [0.2, 0.25) is 0 Å². The van der Waals surface area contributed by atoms with Gasteiger partial charge in [-0.2, -0.15) is 0 Å². The first-order valence-corrected chi connectivity index (χ1v) is 21.5. The molecule has 3 nitrogen and oxygen atoms in total. The topological polar surface area (TPSA) is 21.3 Å². The Hall–Kier alpha value is -8.40. The molecule has 0 aliphatic carbocycles. The van der Waals surface area contributed by atoms with Gasteiger partial charge in [-0.1, -0.05) is 182 Å². The Labute approximate surface area is 366 Å². The maximum absolute atomic E-state index is 6.60. The third kappa shape index (κ3) is 6.21. The average Bonchev–Trinajstić information content (AvgIpc) is 3.91. The maximum Gasteiger partial charge on any atom is 0.137 e. The number of fused-ring (bicyclic) bond motifs is 6. The second-order valence-electron chi connectivity index (χ2n) is 16.0. The van der Waals surface area contributed by atoms with Gasteiger partial charge in [0.15, 0.2) is 0 Å². The van der Waals surface area contributed by atoms with Crippen LogP contribution in [0.5, 0.6) is 0 Å². The molecule has 2 aromatic heterocycles. The quantitative estimate of drug-likeness (QED) is 0.153. The lowest BCUT2D eigenvalue weighted by atomic mass is 9.87. The minimum absolute atomic E-state index is 0.845. The van der Waals surface area contributed by atoms with Crippen molar-refractivity contribution in [2.45, 2.75) is 0 Å². The number of hydrogen-bond donors (Lipinski definition) is 0. The molecule has 0 unspecified atom stereocenters. The highest BCUT2D eigenvalue weighted by Crippen LogP contribution is 2.49. The van der Waals surface area contributed by atoms with Crippen LogP contribution in [-0.4, -0.2) is 4.57 Å². The smallest absolute Gasteiger partial charge is 0.137 e. The Morgan fingerprint density at radius 2 is 0.889 bits per heavy atom. The maximum atomic E-state index is 6.60. The minimum atomic E-state index is 0.845. The van der Waals surface area contributed by atoms with E-state index in [1.807, 2.05) is 12.1 Å². The van der Waals surface area contributed by atoms with Crippen molar-refractivity contribution in [3.63, 3.8) is 0 Å². The van der Waals surface area contributed by atoms with Crippen LogP contribution in [0.4, 0.5) is 17.1 Å². The summed E-state index contributed by atoms with van der Waals surface area (Å²) in [5.41, 5.74) is 17.5. The fourth-order valence-electron chi connectivity index (χ4n) is 9.63. The first-order valence-electron chi connectivity index (χ1n) is 21.5. The van der Waals surface area contributed by atoms with Crippen molar-refractivity contribution < 1.29 is 4.42 Å². The second kappa shape index (κ2) is 15.3. The summed E-state index contributed by atoms with van der Waals surface area (Å²) >= 11 is 0. The predicted octanol–water partition coefficient (Wildman–Crippen LogP) is 16.8. The summed E-state index contributed by atoms with van der Waals surface area (Å²) in [4.78, 5) is 2.42. The third-order valence-electron chi connectivity index (χ3n) is 12.4. The van der Waals surface area contributed by atoms with Gasteiger partial charge in [0.25, 0.3) is 0 Å². The van der Waals surface area contributed by atoms with Crippen LogP contribution in [0.25, 0.3) is 93.9 Å². The molecule has 296 valence electrons. The molecule has 12 aromatic rings. The summed E-state index contributed by atoms with van der Waals surface area (Å²) in [6.07, 6.45) is 0. The number of anilines is 3. The molecule has 0 aliphatic heterocycles. The molecule has 0 fully saturated rings. The van der Waals surface area contributed by atoms with Gasteiger partial charge in [0.1, 0.15) is 11.2 Å². The summed E-state index contributed by atoms with van der Waals surface area (Å²) in [6.45, 7) is 0. The zero-order valence-corrected chi connectivity index (χ0v) is 34.4. The normalized spacial score (nSPS) is 11.5. The van der Waals surface area contributed by atoms with E-state index in [2.05, 4.69) is 240 Å².